The van der Waals surface area contributed by atoms with Gasteiger partial charge in [0.1, 0.15) is 0 Å². The molecule has 0 unspecified atom stereocenters. The number of hydrogen-bond donors (Lipinski definition) is 1. The summed E-state index contributed by atoms with van der Waals surface area (Å²) in [5.74, 6) is 0.360. The predicted octanol–water partition coefficient (Wildman–Crippen LogP) is 3.40. The molecule has 0 spiro atoms. The SMILES string of the molecule is CC[C@H]1CCCCN1CCCNC(=O)CSc1cc(=O)n(C)c2ccccc12. The molecule has 152 valence electrons. The molecule has 1 amide bonds. The van der Waals surface area contributed by atoms with E-state index in [0.717, 1.165) is 28.8 Å². The van der Waals surface area contributed by atoms with Gasteiger partial charge in [0.15, 0.2) is 0 Å². The zero-order chi connectivity index (χ0) is 19.9. The Bertz CT molecular complexity index is 864. The van der Waals surface area contributed by atoms with E-state index in [1.807, 2.05) is 24.3 Å². The molecular formula is C22H31N3O2S. The van der Waals surface area contributed by atoms with E-state index in [1.165, 1.54) is 44.0 Å². The first-order chi connectivity index (χ1) is 13.6. The number of amides is 1. The van der Waals surface area contributed by atoms with Crippen molar-refractivity contribution in [1.29, 1.82) is 0 Å². The molecule has 0 radical (unpaired) electrons. The number of benzene rings is 1. The summed E-state index contributed by atoms with van der Waals surface area (Å²) < 4.78 is 1.64. The fraction of sp³-hybridized carbons (Fsp3) is 0.545. The van der Waals surface area contributed by atoms with Gasteiger partial charge < -0.3 is 14.8 Å². The Morgan fingerprint density at radius 3 is 2.93 bits per heavy atom. The number of carbonyl (C=O) groups excluding carboxylic acids is 1. The first-order valence-electron chi connectivity index (χ1n) is 10.3. The van der Waals surface area contributed by atoms with E-state index in [0.29, 0.717) is 18.3 Å². The van der Waals surface area contributed by atoms with Gasteiger partial charge in [0.25, 0.3) is 5.56 Å². The number of thioether (sulfide) groups is 1. The van der Waals surface area contributed by atoms with E-state index in [-0.39, 0.29) is 11.5 Å². The lowest BCUT2D eigenvalue weighted by Gasteiger charge is -2.35. The van der Waals surface area contributed by atoms with Crippen LogP contribution in [0, 0.1) is 0 Å². The van der Waals surface area contributed by atoms with Crippen molar-refractivity contribution >= 4 is 28.6 Å². The lowest BCUT2D eigenvalue weighted by molar-refractivity contribution is -0.118. The number of hydrogen-bond acceptors (Lipinski definition) is 4. The minimum Gasteiger partial charge on any atom is -0.355 e. The summed E-state index contributed by atoms with van der Waals surface area (Å²) >= 11 is 1.44. The van der Waals surface area contributed by atoms with Crippen LogP contribution in [0.1, 0.15) is 39.0 Å². The van der Waals surface area contributed by atoms with Crippen molar-refractivity contribution in [2.45, 2.75) is 50.0 Å². The maximum absolute atomic E-state index is 12.2. The van der Waals surface area contributed by atoms with E-state index in [4.69, 9.17) is 0 Å². The predicted molar refractivity (Wildman–Crippen MR) is 117 cm³/mol. The van der Waals surface area contributed by atoms with Gasteiger partial charge in [0, 0.05) is 42.5 Å². The van der Waals surface area contributed by atoms with Gasteiger partial charge in [-0.2, -0.15) is 0 Å². The summed E-state index contributed by atoms with van der Waals surface area (Å²) in [5.41, 5.74) is 0.846. The summed E-state index contributed by atoms with van der Waals surface area (Å²) in [7, 11) is 1.78. The van der Waals surface area contributed by atoms with E-state index in [1.54, 1.807) is 17.7 Å². The van der Waals surface area contributed by atoms with Gasteiger partial charge >= 0.3 is 0 Å². The molecule has 6 heteroatoms. The van der Waals surface area contributed by atoms with Crippen molar-refractivity contribution in [2.24, 2.45) is 7.05 Å². The highest BCUT2D eigenvalue weighted by molar-refractivity contribution is 8.00. The highest BCUT2D eigenvalue weighted by Crippen LogP contribution is 2.25. The van der Waals surface area contributed by atoms with Gasteiger partial charge in [0.2, 0.25) is 5.91 Å². The highest BCUT2D eigenvalue weighted by Gasteiger charge is 2.19. The van der Waals surface area contributed by atoms with Crippen LogP contribution in [-0.2, 0) is 11.8 Å². The quantitative estimate of drug-likeness (QED) is 0.544. The lowest BCUT2D eigenvalue weighted by atomic mass is 10.00. The number of nitrogens with one attached hydrogen (secondary N) is 1. The molecular weight excluding hydrogens is 370 g/mol. The zero-order valence-corrected chi connectivity index (χ0v) is 17.8. The van der Waals surface area contributed by atoms with Crippen LogP contribution in [0.4, 0.5) is 0 Å². The number of rotatable bonds is 8. The Hall–Kier alpha value is -1.79. The molecule has 1 saturated heterocycles. The molecule has 2 aromatic rings. The van der Waals surface area contributed by atoms with Crippen LogP contribution in [0.5, 0.6) is 0 Å². The zero-order valence-electron chi connectivity index (χ0n) is 16.9. The molecule has 1 aromatic heterocycles. The van der Waals surface area contributed by atoms with Crippen molar-refractivity contribution < 1.29 is 4.79 Å². The topological polar surface area (TPSA) is 54.3 Å². The average Bonchev–Trinajstić information content (AvgIpc) is 2.73. The van der Waals surface area contributed by atoms with Crippen LogP contribution in [0.2, 0.25) is 0 Å². The van der Waals surface area contributed by atoms with E-state index in [2.05, 4.69) is 17.1 Å². The number of likely N-dealkylation sites (tertiary alicyclic amines) is 1. The van der Waals surface area contributed by atoms with Gasteiger partial charge in [-0.05, 0) is 38.3 Å². The summed E-state index contributed by atoms with van der Waals surface area (Å²) in [6.07, 6.45) is 6.16. The van der Waals surface area contributed by atoms with Crippen LogP contribution >= 0.6 is 11.8 Å². The van der Waals surface area contributed by atoms with Crippen LogP contribution in [0.25, 0.3) is 10.9 Å². The third-order valence-electron chi connectivity index (χ3n) is 5.64. The summed E-state index contributed by atoms with van der Waals surface area (Å²) in [5, 5.41) is 4.04. The molecule has 0 bridgehead atoms. The van der Waals surface area contributed by atoms with Crippen molar-refractivity contribution in [3.05, 3.63) is 40.7 Å². The third kappa shape index (κ3) is 5.17. The fourth-order valence-electron chi connectivity index (χ4n) is 4.02. The number of nitrogens with zero attached hydrogens (tertiary/aromatic N) is 2. The van der Waals surface area contributed by atoms with Crippen LogP contribution in [0.15, 0.2) is 40.0 Å². The number of carbonyl (C=O) groups is 1. The maximum atomic E-state index is 12.2. The van der Waals surface area contributed by atoms with Gasteiger partial charge in [-0.1, -0.05) is 31.5 Å². The van der Waals surface area contributed by atoms with Crippen molar-refractivity contribution in [3.8, 4) is 0 Å². The van der Waals surface area contributed by atoms with Gasteiger partial charge in [-0.25, -0.2) is 0 Å². The van der Waals surface area contributed by atoms with E-state index < -0.39 is 0 Å². The molecule has 0 aliphatic carbocycles. The Kier molecular flexibility index (Phi) is 7.57. The number of piperidine rings is 1. The van der Waals surface area contributed by atoms with Crippen molar-refractivity contribution in [1.82, 2.24) is 14.8 Å². The Morgan fingerprint density at radius 1 is 1.29 bits per heavy atom. The number of aryl methyl sites for hydroxylation is 1. The van der Waals surface area contributed by atoms with E-state index >= 15 is 0 Å². The standard InChI is InChI=1S/C22H31N3O2S/c1-3-17-9-6-7-13-25(17)14-8-12-23-21(26)16-28-20-15-22(27)24(2)19-11-5-4-10-18(19)20/h4-5,10-11,15,17H,3,6-9,12-14,16H2,1-2H3,(H,23,26)/t17-/m0/s1. The maximum Gasteiger partial charge on any atom is 0.251 e. The molecule has 1 atom stereocenters. The smallest absolute Gasteiger partial charge is 0.251 e. The number of fused-ring (bicyclic) bond motifs is 1. The summed E-state index contributed by atoms with van der Waals surface area (Å²) in [4.78, 5) is 27.9. The van der Waals surface area contributed by atoms with Gasteiger partial charge in [0.05, 0.1) is 11.3 Å². The summed E-state index contributed by atoms with van der Waals surface area (Å²) in [6, 6.07) is 10.2. The molecule has 1 aliphatic heterocycles. The summed E-state index contributed by atoms with van der Waals surface area (Å²) in [6.45, 7) is 5.23. The Morgan fingerprint density at radius 2 is 2.11 bits per heavy atom. The molecule has 3 rings (SSSR count). The third-order valence-corrected chi connectivity index (χ3v) is 6.69. The molecule has 1 aliphatic rings. The first-order valence-corrected chi connectivity index (χ1v) is 11.3. The second-order valence-electron chi connectivity index (χ2n) is 7.51. The van der Waals surface area contributed by atoms with Crippen LogP contribution < -0.4 is 10.9 Å². The van der Waals surface area contributed by atoms with Gasteiger partial charge in [-0.3, -0.25) is 9.59 Å². The molecule has 1 aromatic carbocycles. The average molecular weight is 402 g/mol. The Labute approximate surface area is 171 Å². The largest absolute Gasteiger partial charge is 0.355 e. The minimum atomic E-state index is -0.0476. The van der Waals surface area contributed by atoms with Gasteiger partial charge in [-0.15, -0.1) is 11.8 Å². The lowest BCUT2D eigenvalue weighted by Crippen LogP contribution is -2.40. The van der Waals surface area contributed by atoms with E-state index in [9.17, 15) is 9.59 Å². The van der Waals surface area contributed by atoms with Crippen molar-refractivity contribution in [2.75, 3.05) is 25.4 Å². The minimum absolute atomic E-state index is 0.0282. The fourth-order valence-corrected chi connectivity index (χ4v) is 4.92. The second-order valence-corrected chi connectivity index (χ2v) is 8.53. The molecule has 0 saturated carbocycles. The highest BCUT2D eigenvalue weighted by atomic mass is 32.2. The number of para-hydroxylation sites is 1. The number of aromatic nitrogens is 1. The normalized spacial score (nSPS) is 17.7. The molecule has 28 heavy (non-hydrogen) atoms. The van der Waals surface area contributed by atoms with Crippen LogP contribution in [-0.4, -0.2) is 46.8 Å². The van der Waals surface area contributed by atoms with Crippen molar-refractivity contribution in [3.63, 3.8) is 0 Å². The molecule has 1 fully saturated rings. The second kappa shape index (κ2) is 10.1. The van der Waals surface area contributed by atoms with Crippen LogP contribution in [0.3, 0.4) is 0 Å². The molecule has 2 heterocycles. The molecule has 1 N–H and O–H groups in total. The Balaban J connectivity index is 1.47. The number of pyridine rings is 1. The molecule has 5 nitrogen and oxygen atoms in total. The monoisotopic (exact) mass is 401 g/mol. The first kappa shape index (κ1) is 20.9.